The fraction of sp³-hybridized carbons (Fsp3) is 0.194. The van der Waals surface area contributed by atoms with Crippen LogP contribution in [0.4, 0.5) is 0 Å². The van der Waals surface area contributed by atoms with Gasteiger partial charge in [-0.05, 0) is 107 Å². The van der Waals surface area contributed by atoms with E-state index in [2.05, 4.69) is 37.9 Å². The van der Waals surface area contributed by atoms with Crippen LogP contribution in [0.5, 0.6) is 23.0 Å². The summed E-state index contributed by atoms with van der Waals surface area (Å²) in [5.41, 5.74) is 5.19. The summed E-state index contributed by atoms with van der Waals surface area (Å²) >= 11 is -2.32. The molecule has 1 N–H and O–H groups in total. The summed E-state index contributed by atoms with van der Waals surface area (Å²) in [6, 6.07) is 30.4. The molecular formula is C36H34LiNO5S. The van der Waals surface area contributed by atoms with Crippen LogP contribution in [0.15, 0.2) is 114 Å². The topological polar surface area (TPSA) is 91.7 Å². The van der Waals surface area contributed by atoms with Crippen molar-refractivity contribution in [3.63, 3.8) is 0 Å². The number of hydrogen-bond acceptors (Lipinski definition) is 6. The quantitative estimate of drug-likeness (QED) is 0.176. The molecule has 0 spiro atoms. The minimum atomic E-state index is -2.32. The molecule has 1 aromatic heterocycles. The van der Waals surface area contributed by atoms with Crippen molar-refractivity contribution in [1.29, 1.82) is 0 Å². The predicted octanol–water partition coefficient (Wildman–Crippen LogP) is 5.19. The molecule has 1 heterocycles. The molecule has 0 amide bonds. The van der Waals surface area contributed by atoms with Gasteiger partial charge in [0, 0.05) is 28.3 Å². The van der Waals surface area contributed by atoms with Crippen LogP contribution in [0, 0.1) is 6.92 Å². The van der Waals surface area contributed by atoms with E-state index in [0.717, 1.165) is 34.2 Å². The average molecular weight is 600 g/mol. The van der Waals surface area contributed by atoms with Gasteiger partial charge >= 0.3 is 18.9 Å². The van der Waals surface area contributed by atoms with Crippen molar-refractivity contribution in [2.75, 3.05) is 0 Å². The Morgan fingerprint density at radius 1 is 0.841 bits per heavy atom. The monoisotopic (exact) mass is 599 g/mol. The van der Waals surface area contributed by atoms with Gasteiger partial charge in [0.05, 0.1) is 0 Å². The van der Waals surface area contributed by atoms with Crippen molar-refractivity contribution in [3.05, 3.63) is 143 Å². The molecule has 6 nitrogen and oxygen atoms in total. The van der Waals surface area contributed by atoms with Gasteiger partial charge in [-0.3, -0.25) is 9.19 Å². The molecule has 0 aliphatic heterocycles. The van der Waals surface area contributed by atoms with Gasteiger partial charge in [0.15, 0.2) is 0 Å². The molecule has 2 unspecified atom stereocenters. The summed E-state index contributed by atoms with van der Waals surface area (Å²) in [7, 11) is 0. The van der Waals surface area contributed by atoms with E-state index in [1.54, 1.807) is 31.5 Å². The van der Waals surface area contributed by atoms with Crippen LogP contribution in [0.3, 0.4) is 0 Å². The van der Waals surface area contributed by atoms with E-state index in [1.807, 2.05) is 66.7 Å². The van der Waals surface area contributed by atoms with Gasteiger partial charge in [-0.15, -0.1) is 0 Å². The Morgan fingerprint density at radius 2 is 1.39 bits per heavy atom. The molecule has 220 valence electrons. The summed E-state index contributed by atoms with van der Waals surface area (Å²) in [6.07, 6.45) is 3.37. The molecule has 0 aliphatic rings. The van der Waals surface area contributed by atoms with Gasteiger partial charge in [-0.1, -0.05) is 63.2 Å². The molecule has 0 fully saturated rings. The Bertz CT molecular complexity index is 1720. The largest absolute Gasteiger partial charge is 1.00 e. The SMILES string of the molecule is CCc1ccc(Oc2ccc(C(C)(C)c3ccc(Oc4ccc(C)c(S(=O)[O-])c4)cc3)cc2)cc1C(O)c1cccnc1.[Li+]. The summed E-state index contributed by atoms with van der Waals surface area (Å²) in [5, 5.41) is 11.0. The zero-order valence-electron chi connectivity index (χ0n) is 25.6. The summed E-state index contributed by atoms with van der Waals surface area (Å²) in [4.78, 5) is 4.37. The van der Waals surface area contributed by atoms with Gasteiger partial charge < -0.3 is 19.1 Å². The van der Waals surface area contributed by atoms with E-state index in [0.29, 0.717) is 28.6 Å². The van der Waals surface area contributed by atoms with E-state index in [1.165, 1.54) is 6.07 Å². The first-order valence-corrected chi connectivity index (χ1v) is 15.2. The first kappa shape index (κ1) is 33.2. The first-order valence-electron chi connectivity index (χ1n) is 14.1. The molecule has 0 saturated heterocycles. The minimum absolute atomic E-state index is 0. The van der Waals surface area contributed by atoms with E-state index < -0.39 is 17.2 Å². The number of aliphatic hydroxyl groups excluding tert-OH is 1. The fourth-order valence-corrected chi connectivity index (χ4v) is 5.62. The molecule has 5 aromatic rings. The van der Waals surface area contributed by atoms with Crippen LogP contribution in [-0.2, 0) is 22.9 Å². The predicted molar refractivity (Wildman–Crippen MR) is 168 cm³/mol. The molecular weight excluding hydrogens is 565 g/mol. The average Bonchev–Trinajstić information content (AvgIpc) is 3.02. The summed E-state index contributed by atoms with van der Waals surface area (Å²) in [5.74, 6) is 2.44. The number of aryl methyl sites for hydroxylation is 2. The van der Waals surface area contributed by atoms with Crippen LogP contribution in [0.25, 0.3) is 0 Å². The van der Waals surface area contributed by atoms with Gasteiger partial charge in [0.1, 0.15) is 29.1 Å². The number of aliphatic hydroxyl groups is 1. The molecule has 4 aromatic carbocycles. The second-order valence-corrected chi connectivity index (χ2v) is 11.9. The smallest absolute Gasteiger partial charge is 0.768 e. The van der Waals surface area contributed by atoms with Gasteiger partial charge in [-0.25, -0.2) is 0 Å². The summed E-state index contributed by atoms with van der Waals surface area (Å²) < 4.78 is 35.1. The van der Waals surface area contributed by atoms with Crippen LogP contribution in [0.2, 0.25) is 0 Å². The molecule has 8 heteroatoms. The van der Waals surface area contributed by atoms with Crippen molar-refractivity contribution in [3.8, 4) is 23.0 Å². The standard InChI is InChI=1S/C36H35NO5S.Li/c1-5-25-9-15-31(21-33(25)35(38)26-7-6-20-37-23-26)41-29-16-10-27(11-17-29)36(3,4)28-12-18-30(19-13-28)42-32-14-8-24(2)34(22-32)43(39)40;/h6-23,35,38H,5H2,1-4H3,(H,39,40);/q;+1/p-1. The maximum atomic E-state index is 11.5. The third-order valence-corrected chi connectivity index (χ3v) is 8.55. The Balaban J connectivity index is 0.00000442. The normalized spacial score (nSPS) is 12.6. The van der Waals surface area contributed by atoms with E-state index in [4.69, 9.17) is 9.47 Å². The van der Waals surface area contributed by atoms with E-state index in [9.17, 15) is 13.9 Å². The number of nitrogens with zero attached hydrogens (tertiary/aromatic N) is 1. The van der Waals surface area contributed by atoms with Gasteiger partial charge in [-0.2, -0.15) is 0 Å². The third-order valence-electron chi connectivity index (χ3n) is 7.76. The zero-order chi connectivity index (χ0) is 30.6. The van der Waals surface area contributed by atoms with E-state index >= 15 is 0 Å². The maximum absolute atomic E-state index is 11.5. The minimum Gasteiger partial charge on any atom is -0.768 e. The van der Waals surface area contributed by atoms with Crippen LogP contribution >= 0.6 is 0 Å². The second-order valence-electron chi connectivity index (χ2n) is 10.9. The van der Waals surface area contributed by atoms with Gasteiger partial charge in [0.25, 0.3) is 0 Å². The molecule has 0 bridgehead atoms. The molecule has 44 heavy (non-hydrogen) atoms. The maximum Gasteiger partial charge on any atom is 1.00 e. The first-order chi connectivity index (χ1) is 20.7. The second kappa shape index (κ2) is 14.4. The van der Waals surface area contributed by atoms with Crippen LogP contribution < -0.4 is 28.3 Å². The zero-order valence-corrected chi connectivity index (χ0v) is 26.4. The number of ether oxygens (including phenoxy) is 2. The number of rotatable bonds is 10. The Hall–Kier alpha value is -3.70. The molecule has 0 radical (unpaired) electrons. The Labute approximate surface area is 273 Å². The van der Waals surface area contributed by atoms with Crippen molar-refractivity contribution in [1.82, 2.24) is 4.98 Å². The van der Waals surface area contributed by atoms with Crippen molar-refractivity contribution in [2.45, 2.75) is 50.5 Å². The van der Waals surface area contributed by atoms with Crippen LogP contribution in [0.1, 0.15) is 60.3 Å². The van der Waals surface area contributed by atoms with E-state index in [-0.39, 0.29) is 29.2 Å². The number of hydrogen-bond donors (Lipinski definition) is 1. The number of pyridine rings is 1. The number of aromatic nitrogens is 1. The Morgan fingerprint density at radius 3 is 1.91 bits per heavy atom. The van der Waals surface area contributed by atoms with Crippen molar-refractivity contribution >= 4 is 11.1 Å². The van der Waals surface area contributed by atoms with Crippen LogP contribution in [-0.4, -0.2) is 18.9 Å². The number of benzene rings is 4. The van der Waals surface area contributed by atoms with Gasteiger partial charge in [0.2, 0.25) is 0 Å². The molecule has 5 rings (SSSR count). The van der Waals surface area contributed by atoms with Crippen molar-refractivity contribution < 1.29 is 42.2 Å². The third kappa shape index (κ3) is 7.50. The molecule has 0 aliphatic carbocycles. The molecule has 2 atom stereocenters. The van der Waals surface area contributed by atoms with Crippen molar-refractivity contribution in [2.24, 2.45) is 0 Å². The summed E-state index contributed by atoms with van der Waals surface area (Å²) in [6.45, 7) is 8.13. The fourth-order valence-electron chi connectivity index (χ4n) is 5.07. The molecule has 0 saturated carbocycles. The Kier molecular flexibility index (Phi) is 10.9.